The Morgan fingerprint density at radius 2 is 1.55 bits per heavy atom. The predicted octanol–water partition coefficient (Wildman–Crippen LogP) is 2.14. The summed E-state index contributed by atoms with van der Waals surface area (Å²) in [5.74, 6) is 0. The molecule has 11 heavy (non-hydrogen) atoms. The van der Waals surface area contributed by atoms with Crippen molar-refractivity contribution < 1.29 is 4.43 Å². The van der Waals surface area contributed by atoms with Gasteiger partial charge in [-0.1, -0.05) is 13.8 Å². The monoisotopic (exact) mass is 175 g/mol. The highest BCUT2D eigenvalue weighted by Gasteiger charge is 2.14. The fraction of sp³-hybridized carbons (Fsp3) is 1.00. The fourth-order valence-electron chi connectivity index (χ4n) is 0.691. The zero-order valence-electron chi connectivity index (χ0n) is 8.48. The van der Waals surface area contributed by atoms with Crippen LogP contribution in [0.5, 0.6) is 0 Å². The van der Waals surface area contributed by atoms with Gasteiger partial charge in [0.15, 0.2) is 8.32 Å². The minimum atomic E-state index is -1.29. The standard InChI is InChI=1S/C8H21NOSi/c1-6-9(7-2)8-10-11(3,4)5/h6-8H2,1-5H3. The number of nitrogens with zero attached hydrogens (tertiary/aromatic N) is 1. The molecular weight excluding hydrogens is 154 g/mol. The Bertz CT molecular complexity index is 96.8. The van der Waals surface area contributed by atoms with Crippen molar-refractivity contribution in [1.82, 2.24) is 4.90 Å². The molecule has 0 radical (unpaired) electrons. The van der Waals surface area contributed by atoms with Crippen molar-refractivity contribution in [1.29, 1.82) is 0 Å². The van der Waals surface area contributed by atoms with E-state index in [-0.39, 0.29) is 0 Å². The van der Waals surface area contributed by atoms with Gasteiger partial charge in [-0.2, -0.15) is 0 Å². The Balaban J connectivity index is 3.51. The maximum Gasteiger partial charge on any atom is 0.185 e. The third kappa shape index (κ3) is 6.53. The van der Waals surface area contributed by atoms with Gasteiger partial charge in [-0.05, 0) is 32.7 Å². The van der Waals surface area contributed by atoms with Gasteiger partial charge >= 0.3 is 0 Å². The molecule has 0 amide bonds. The van der Waals surface area contributed by atoms with Gasteiger partial charge in [0.2, 0.25) is 0 Å². The lowest BCUT2D eigenvalue weighted by Crippen LogP contribution is -2.34. The van der Waals surface area contributed by atoms with Crippen molar-refractivity contribution in [2.45, 2.75) is 33.5 Å². The van der Waals surface area contributed by atoms with E-state index in [0.29, 0.717) is 0 Å². The molecule has 0 aromatic rings. The lowest BCUT2D eigenvalue weighted by Gasteiger charge is -2.24. The van der Waals surface area contributed by atoms with Crippen molar-refractivity contribution in [2.24, 2.45) is 0 Å². The van der Waals surface area contributed by atoms with Gasteiger partial charge in [0.25, 0.3) is 0 Å². The Kier molecular flexibility index (Phi) is 4.96. The molecule has 0 aliphatic rings. The summed E-state index contributed by atoms with van der Waals surface area (Å²) in [4.78, 5) is 2.29. The van der Waals surface area contributed by atoms with Crippen molar-refractivity contribution >= 4 is 8.32 Å². The fourth-order valence-corrected chi connectivity index (χ4v) is 1.26. The molecule has 0 aliphatic heterocycles. The van der Waals surface area contributed by atoms with E-state index < -0.39 is 8.32 Å². The zero-order valence-corrected chi connectivity index (χ0v) is 9.48. The minimum Gasteiger partial charge on any atom is -0.405 e. The largest absolute Gasteiger partial charge is 0.405 e. The molecule has 0 aliphatic carbocycles. The van der Waals surface area contributed by atoms with E-state index in [2.05, 4.69) is 38.4 Å². The maximum absolute atomic E-state index is 5.74. The molecule has 2 nitrogen and oxygen atoms in total. The first-order valence-corrected chi connectivity index (χ1v) is 7.76. The van der Waals surface area contributed by atoms with E-state index in [4.69, 9.17) is 4.43 Å². The summed E-state index contributed by atoms with van der Waals surface area (Å²) in [6, 6.07) is 0. The first-order valence-electron chi connectivity index (χ1n) is 4.36. The highest BCUT2D eigenvalue weighted by atomic mass is 28.4. The van der Waals surface area contributed by atoms with E-state index in [1.54, 1.807) is 0 Å². The number of rotatable bonds is 5. The molecule has 0 unspecified atom stereocenters. The molecule has 0 aromatic carbocycles. The van der Waals surface area contributed by atoms with Gasteiger partial charge in [-0.15, -0.1) is 0 Å². The summed E-state index contributed by atoms with van der Waals surface area (Å²) in [5, 5.41) is 0. The van der Waals surface area contributed by atoms with Crippen LogP contribution in [0, 0.1) is 0 Å². The minimum absolute atomic E-state index is 0.808. The Morgan fingerprint density at radius 1 is 1.09 bits per heavy atom. The van der Waals surface area contributed by atoms with E-state index in [1.165, 1.54) is 0 Å². The van der Waals surface area contributed by atoms with Crippen LogP contribution in [-0.4, -0.2) is 33.0 Å². The maximum atomic E-state index is 5.74. The molecule has 3 heteroatoms. The van der Waals surface area contributed by atoms with Crippen molar-refractivity contribution in [3.05, 3.63) is 0 Å². The molecule has 0 N–H and O–H groups in total. The Morgan fingerprint density at radius 3 is 1.82 bits per heavy atom. The highest BCUT2D eigenvalue weighted by molar-refractivity contribution is 6.69. The van der Waals surface area contributed by atoms with Crippen LogP contribution in [-0.2, 0) is 4.43 Å². The summed E-state index contributed by atoms with van der Waals surface area (Å²) in [7, 11) is -1.29. The molecule has 0 fully saturated rings. The van der Waals surface area contributed by atoms with Gasteiger partial charge in [0.05, 0.1) is 6.73 Å². The molecule has 0 aromatic heterocycles. The second kappa shape index (κ2) is 4.90. The van der Waals surface area contributed by atoms with Crippen LogP contribution in [0.1, 0.15) is 13.8 Å². The lowest BCUT2D eigenvalue weighted by atomic mass is 10.6. The van der Waals surface area contributed by atoms with Crippen LogP contribution in [0.25, 0.3) is 0 Å². The quantitative estimate of drug-likeness (QED) is 0.469. The SMILES string of the molecule is CCN(CC)CO[Si](C)(C)C. The van der Waals surface area contributed by atoms with Crippen LogP contribution in [0.3, 0.4) is 0 Å². The van der Waals surface area contributed by atoms with Crippen LogP contribution in [0.15, 0.2) is 0 Å². The summed E-state index contributed by atoms with van der Waals surface area (Å²) in [6.07, 6.45) is 0. The van der Waals surface area contributed by atoms with Gasteiger partial charge in [-0.25, -0.2) is 0 Å². The van der Waals surface area contributed by atoms with Crippen LogP contribution in [0.4, 0.5) is 0 Å². The first kappa shape index (κ1) is 11.1. The number of hydrogen-bond donors (Lipinski definition) is 0. The smallest absolute Gasteiger partial charge is 0.185 e. The molecule has 68 valence electrons. The molecular formula is C8H21NOSi. The van der Waals surface area contributed by atoms with Gasteiger partial charge in [0, 0.05) is 0 Å². The van der Waals surface area contributed by atoms with Crippen molar-refractivity contribution in [2.75, 3.05) is 19.8 Å². The average Bonchev–Trinajstić information content (AvgIpc) is 1.88. The van der Waals surface area contributed by atoms with Crippen LogP contribution in [0.2, 0.25) is 19.6 Å². The molecule has 0 atom stereocenters. The average molecular weight is 175 g/mol. The molecule has 0 bridgehead atoms. The van der Waals surface area contributed by atoms with E-state index >= 15 is 0 Å². The molecule has 0 saturated heterocycles. The zero-order chi connectivity index (χ0) is 8.91. The summed E-state index contributed by atoms with van der Waals surface area (Å²) < 4.78 is 5.74. The van der Waals surface area contributed by atoms with Crippen molar-refractivity contribution in [3.63, 3.8) is 0 Å². The molecule has 0 heterocycles. The first-order chi connectivity index (χ1) is 4.99. The molecule has 0 saturated carbocycles. The van der Waals surface area contributed by atoms with Gasteiger partial charge < -0.3 is 4.43 Å². The third-order valence-corrected chi connectivity index (χ3v) is 2.57. The van der Waals surface area contributed by atoms with Crippen LogP contribution < -0.4 is 0 Å². The van der Waals surface area contributed by atoms with Gasteiger partial charge in [-0.3, -0.25) is 4.90 Å². The Labute approximate surface area is 71.7 Å². The summed E-state index contributed by atoms with van der Waals surface area (Å²) >= 11 is 0. The Hall–Kier alpha value is 0.137. The van der Waals surface area contributed by atoms with E-state index in [1.807, 2.05) is 0 Å². The summed E-state index contributed by atoms with van der Waals surface area (Å²) in [6.45, 7) is 14.0. The third-order valence-electron chi connectivity index (χ3n) is 1.57. The topological polar surface area (TPSA) is 12.5 Å². The molecule has 0 rings (SSSR count). The van der Waals surface area contributed by atoms with E-state index in [9.17, 15) is 0 Å². The second-order valence-electron chi connectivity index (χ2n) is 3.69. The summed E-state index contributed by atoms with van der Waals surface area (Å²) in [5.41, 5.74) is 0. The van der Waals surface area contributed by atoms with Crippen molar-refractivity contribution in [3.8, 4) is 0 Å². The number of hydrogen-bond acceptors (Lipinski definition) is 2. The lowest BCUT2D eigenvalue weighted by molar-refractivity contribution is 0.132. The van der Waals surface area contributed by atoms with Crippen LogP contribution >= 0.6 is 0 Å². The van der Waals surface area contributed by atoms with E-state index in [0.717, 1.165) is 19.8 Å². The second-order valence-corrected chi connectivity index (χ2v) is 8.20. The molecule has 0 spiro atoms. The highest BCUT2D eigenvalue weighted by Crippen LogP contribution is 2.03. The predicted molar refractivity (Wildman–Crippen MR) is 52.2 cm³/mol. The normalized spacial score (nSPS) is 12.5. The van der Waals surface area contributed by atoms with Gasteiger partial charge in [0.1, 0.15) is 0 Å².